The number of aliphatic hydroxyl groups is 1. The molecule has 1 heterocycles. The molecule has 5 aromatic rings. The minimum atomic E-state index is -1.43. The summed E-state index contributed by atoms with van der Waals surface area (Å²) in [5.41, 5.74) is 3.54. The Morgan fingerprint density at radius 1 is 0.851 bits per heavy atom. The van der Waals surface area contributed by atoms with E-state index < -0.39 is 72.1 Å². The van der Waals surface area contributed by atoms with Crippen LogP contribution in [0, 0.1) is 0 Å². The van der Waals surface area contributed by atoms with Crippen LogP contribution in [-0.4, -0.2) is 88.5 Å². The fourth-order valence-corrected chi connectivity index (χ4v) is 8.36. The van der Waals surface area contributed by atoms with E-state index in [2.05, 4.69) is 5.32 Å². The number of rotatable bonds is 17. The quantitative estimate of drug-likeness (QED) is 0.0784. The Bertz CT molecular complexity index is 2520. The van der Waals surface area contributed by atoms with Crippen LogP contribution < -0.4 is 5.32 Å². The maximum absolute atomic E-state index is 14.9. The predicted octanol–water partition coefficient (Wildman–Crippen LogP) is 7.86. The van der Waals surface area contributed by atoms with Crippen molar-refractivity contribution < 1.29 is 48.3 Å². The summed E-state index contributed by atoms with van der Waals surface area (Å²) in [6.07, 6.45) is 3.36. The molecule has 1 aliphatic carbocycles. The first-order valence-electron chi connectivity index (χ1n) is 22.6. The molecule has 7 rings (SSSR count). The van der Waals surface area contributed by atoms with Gasteiger partial charge in [0, 0.05) is 43.0 Å². The molecule has 0 radical (unpaired) electrons. The third-order valence-electron chi connectivity index (χ3n) is 11.7. The number of ether oxygens (including phenoxy) is 4. The number of nitrogens with one attached hydrogen (secondary N) is 1. The van der Waals surface area contributed by atoms with Gasteiger partial charge in [0.15, 0.2) is 0 Å². The number of fused-ring (bicyclic) bond motifs is 1. The van der Waals surface area contributed by atoms with Gasteiger partial charge < -0.3 is 39.4 Å². The zero-order valence-corrected chi connectivity index (χ0v) is 38.2. The maximum atomic E-state index is 14.9. The normalized spacial score (nSPS) is 18.5. The number of hydrogen-bond donors (Lipinski definition) is 3. The van der Waals surface area contributed by atoms with Crippen molar-refractivity contribution >= 4 is 29.8 Å². The van der Waals surface area contributed by atoms with Crippen LogP contribution in [-0.2, 0) is 52.0 Å². The van der Waals surface area contributed by atoms with Crippen molar-refractivity contribution in [2.45, 2.75) is 94.7 Å². The van der Waals surface area contributed by atoms with E-state index in [0.717, 1.165) is 16.7 Å². The smallest absolute Gasteiger partial charge is 0.338 e. The third-order valence-corrected chi connectivity index (χ3v) is 11.7. The molecule has 0 spiro atoms. The first kappa shape index (κ1) is 48.1. The molecule has 5 aromatic carbocycles. The van der Waals surface area contributed by atoms with Crippen LogP contribution in [0.3, 0.4) is 0 Å². The van der Waals surface area contributed by atoms with Crippen molar-refractivity contribution in [2.75, 3.05) is 13.7 Å². The Balaban J connectivity index is 1.18. The Morgan fingerprint density at radius 3 is 2.13 bits per heavy atom. The Hall–Kier alpha value is -6.86. The Morgan fingerprint density at radius 2 is 1.49 bits per heavy atom. The lowest BCUT2D eigenvalue weighted by molar-refractivity contribution is -0.157. The first-order chi connectivity index (χ1) is 32.2. The van der Waals surface area contributed by atoms with E-state index in [1.807, 2.05) is 121 Å². The number of benzene rings is 5. The maximum Gasteiger partial charge on any atom is 0.338 e. The number of phenols is 1. The number of aromatic hydroxyl groups is 1. The molecule has 12 heteroatoms. The number of amides is 2. The lowest BCUT2D eigenvalue weighted by Crippen LogP contribution is -2.53. The number of allylic oxidation sites excluding steroid dienone is 1. The molecule has 67 heavy (non-hydrogen) atoms. The Labute approximate surface area is 391 Å². The fourth-order valence-electron chi connectivity index (χ4n) is 8.36. The van der Waals surface area contributed by atoms with Gasteiger partial charge in [-0.2, -0.15) is 0 Å². The van der Waals surface area contributed by atoms with Crippen molar-refractivity contribution in [1.82, 2.24) is 10.2 Å². The van der Waals surface area contributed by atoms with Crippen molar-refractivity contribution in [3.05, 3.63) is 191 Å². The SMILES string of the molecule is CN(C(=O)C1=CC2OC(c3ccccc3)(c3ccccc3)OC2C(OC(=O)c2cccc(C=CCc3ccccc3O)c2)C1)C(Cc1ccccc1)C(=O)NC(CO)CCC(=O)OC(C)(C)C. The molecule has 0 saturated carbocycles. The number of carbonyl (C=O) groups is 4. The van der Waals surface area contributed by atoms with Crippen LogP contribution in [0.25, 0.3) is 6.08 Å². The van der Waals surface area contributed by atoms with E-state index in [1.54, 1.807) is 64.2 Å². The van der Waals surface area contributed by atoms with Gasteiger partial charge in [-0.15, -0.1) is 0 Å². The van der Waals surface area contributed by atoms with E-state index in [-0.39, 0.29) is 42.6 Å². The monoisotopic (exact) mass is 906 g/mol. The molecule has 5 atom stereocenters. The second kappa shape index (κ2) is 21.6. The molecule has 2 amide bonds. The summed E-state index contributed by atoms with van der Waals surface area (Å²) >= 11 is 0. The number of phenolic OH excluding ortho intramolecular Hbond substituents is 1. The number of esters is 2. The molecular weight excluding hydrogens is 849 g/mol. The number of aliphatic hydroxyl groups excluding tert-OH is 1. The molecular formula is C55H58N2O10. The topological polar surface area (TPSA) is 161 Å². The molecule has 348 valence electrons. The molecule has 12 nitrogen and oxygen atoms in total. The van der Waals surface area contributed by atoms with Crippen molar-refractivity contribution in [2.24, 2.45) is 0 Å². The summed E-state index contributed by atoms with van der Waals surface area (Å²) in [5, 5.41) is 23.4. The van der Waals surface area contributed by atoms with Gasteiger partial charge in [0.1, 0.15) is 35.7 Å². The van der Waals surface area contributed by atoms with Gasteiger partial charge in [0.05, 0.1) is 18.2 Å². The minimum absolute atomic E-state index is 0.0351. The molecule has 0 bridgehead atoms. The number of carbonyl (C=O) groups excluding carboxylic acids is 4. The van der Waals surface area contributed by atoms with Crippen molar-refractivity contribution in [1.29, 1.82) is 0 Å². The number of likely N-dealkylation sites (N-methyl/N-ethyl adjacent to an activating group) is 1. The van der Waals surface area contributed by atoms with Crippen LogP contribution in [0.15, 0.2) is 157 Å². The molecule has 5 unspecified atom stereocenters. The van der Waals surface area contributed by atoms with Gasteiger partial charge in [-0.1, -0.05) is 133 Å². The summed E-state index contributed by atoms with van der Waals surface area (Å²) < 4.78 is 25.7. The standard InChI is InChI=1S/C55H58N2O10/c1-54(2,3)66-49(60)31-30-44(36-58)56-51(61)45(33-38-18-8-5-9-19-38)57(4)52(62)41-34-47(64-53(63)40-24-17-21-37(32-40)20-16-23-39-22-14-15-29-46(39)59)50-48(35-41)65-55(67-50,42-25-10-6-11-26-42)43-27-12-7-13-28-43/h5-22,24-29,32,35,44-45,47-48,50,58-59H,23,30-31,33-34,36H2,1-4H3,(H,56,61). The Kier molecular flexibility index (Phi) is 15.5. The molecule has 0 aromatic heterocycles. The third kappa shape index (κ3) is 12.1. The van der Waals surface area contributed by atoms with Gasteiger partial charge >= 0.3 is 11.9 Å². The molecule has 1 fully saturated rings. The van der Waals surface area contributed by atoms with Crippen LogP contribution in [0.5, 0.6) is 5.75 Å². The highest BCUT2D eigenvalue weighted by Crippen LogP contribution is 2.47. The molecule has 1 aliphatic heterocycles. The largest absolute Gasteiger partial charge is 0.508 e. The lowest BCUT2D eigenvalue weighted by atomic mass is 9.90. The van der Waals surface area contributed by atoms with Crippen LogP contribution in [0.2, 0.25) is 0 Å². The average molecular weight is 907 g/mol. The number of para-hydroxylation sites is 1. The summed E-state index contributed by atoms with van der Waals surface area (Å²) in [5.74, 6) is -3.35. The van der Waals surface area contributed by atoms with Crippen molar-refractivity contribution in [3.63, 3.8) is 0 Å². The summed E-state index contributed by atoms with van der Waals surface area (Å²) in [4.78, 5) is 57.3. The zero-order valence-electron chi connectivity index (χ0n) is 38.2. The lowest BCUT2D eigenvalue weighted by Gasteiger charge is -2.34. The zero-order chi connectivity index (χ0) is 47.6. The summed E-state index contributed by atoms with van der Waals surface area (Å²) in [6, 6.07) is 40.4. The number of nitrogens with zero attached hydrogens (tertiary/aromatic N) is 1. The minimum Gasteiger partial charge on any atom is -0.508 e. The number of hydrogen-bond acceptors (Lipinski definition) is 10. The van der Waals surface area contributed by atoms with E-state index in [9.17, 15) is 29.4 Å². The summed E-state index contributed by atoms with van der Waals surface area (Å²) in [7, 11) is 1.54. The highest BCUT2D eigenvalue weighted by atomic mass is 16.8. The first-order valence-corrected chi connectivity index (χ1v) is 22.6. The van der Waals surface area contributed by atoms with E-state index in [0.29, 0.717) is 17.5 Å². The van der Waals surface area contributed by atoms with Crippen LogP contribution in [0.4, 0.5) is 0 Å². The van der Waals surface area contributed by atoms with Gasteiger partial charge in [0.2, 0.25) is 17.6 Å². The molecule has 2 aliphatic rings. The second-order valence-electron chi connectivity index (χ2n) is 17.8. The van der Waals surface area contributed by atoms with E-state index in [4.69, 9.17) is 18.9 Å². The van der Waals surface area contributed by atoms with Crippen LogP contribution in [0.1, 0.15) is 78.2 Å². The van der Waals surface area contributed by atoms with Gasteiger partial charge in [0.25, 0.3) is 0 Å². The van der Waals surface area contributed by atoms with E-state index in [1.165, 1.54) is 4.90 Å². The predicted molar refractivity (Wildman–Crippen MR) is 253 cm³/mol. The highest BCUT2D eigenvalue weighted by Gasteiger charge is 2.55. The second-order valence-corrected chi connectivity index (χ2v) is 17.8. The average Bonchev–Trinajstić information content (AvgIpc) is 3.74. The van der Waals surface area contributed by atoms with Gasteiger partial charge in [-0.25, -0.2) is 4.79 Å². The van der Waals surface area contributed by atoms with Gasteiger partial charge in [-0.05, 0) is 74.6 Å². The molecule has 1 saturated heterocycles. The summed E-state index contributed by atoms with van der Waals surface area (Å²) in [6.45, 7) is 4.85. The van der Waals surface area contributed by atoms with E-state index >= 15 is 0 Å². The highest BCUT2D eigenvalue weighted by molar-refractivity contribution is 5.97. The van der Waals surface area contributed by atoms with Gasteiger partial charge in [-0.3, -0.25) is 14.4 Å². The van der Waals surface area contributed by atoms with Crippen molar-refractivity contribution in [3.8, 4) is 5.75 Å². The molecule has 3 N–H and O–H groups in total. The fraction of sp³-hybridized carbons (Fsp3) is 0.309. The van der Waals surface area contributed by atoms with Crippen LogP contribution >= 0.6 is 0 Å².